The lowest BCUT2D eigenvalue weighted by Gasteiger charge is -2.24. The Balaban J connectivity index is 2.00. The fraction of sp³-hybridized carbons (Fsp3) is 0.500. The Hall–Kier alpha value is -1.48. The van der Waals surface area contributed by atoms with E-state index in [1.165, 1.54) is 29.3 Å². The highest BCUT2D eigenvalue weighted by Gasteiger charge is 2.45. The van der Waals surface area contributed by atoms with Gasteiger partial charge in [0.1, 0.15) is 5.75 Å². The Morgan fingerprint density at radius 2 is 2.00 bits per heavy atom. The van der Waals surface area contributed by atoms with Crippen molar-refractivity contribution >= 4 is 10.9 Å². The van der Waals surface area contributed by atoms with Crippen LogP contribution in [0, 0.1) is 6.92 Å². The standard InChI is InChI=1S/C16H22N2O/c1-12-13-7-10-18(11-16(8-9-16)17(2)3)14(13)5-6-15(12)19-4/h5-7,10H,8-9,11H2,1-4H3. The van der Waals surface area contributed by atoms with Crippen LogP contribution < -0.4 is 4.74 Å². The number of aryl methyl sites for hydroxylation is 1. The average Bonchev–Trinajstić information content (AvgIpc) is 3.06. The molecule has 3 nitrogen and oxygen atoms in total. The first-order valence-electron chi connectivity index (χ1n) is 6.87. The fourth-order valence-electron chi connectivity index (χ4n) is 2.97. The molecule has 0 atom stereocenters. The van der Waals surface area contributed by atoms with E-state index in [1.54, 1.807) is 7.11 Å². The van der Waals surface area contributed by atoms with Gasteiger partial charge in [-0.05, 0) is 52.1 Å². The van der Waals surface area contributed by atoms with Gasteiger partial charge in [0.2, 0.25) is 0 Å². The van der Waals surface area contributed by atoms with Crippen LogP contribution in [0.25, 0.3) is 10.9 Å². The summed E-state index contributed by atoms with van der Waals surface area (Å²) in [7, 11) is 6.11. The molecule has 0 amide bonds. The van der Waals surface area contributed by atoms with E-state index in [2.05, 4.69) is 54.9 Å². The number of nitrogens with zero attached hydrogens (tertiary/aromatic N) is 2. The minimum atomic E-state index is 0.375. The maximum absolute atomic E-state index is 5.40. The first-order valence-corrected chi connectivity index (χ1v) is 6.87. The van der Waals surface area contributed by atoms with Crippen LogP contribution in [0.2, 0.25) is 0 Å². The van der Waals surface area contributed by atoms with Gasteiger partial charge >= 0.3 is 0 Å². The second-order valence-corrected chi connectivity index (χ2v) is 5.89. The van der Waals surface area contributed by atoms with Crippen LogP contribution in [-0.4, -0.2) is 36.2 Å². The van der Waals surface area contributed by atoms with Gasteiger partial charge in [-0.2, -0.15) is 0 Å². The van der Waals surface area contributed by atoms with Crippen molar-refractivity contribution in [3.05, 3.63) is 30.0 Å². The lowest BCUT2D eigenvalue weighted by Crippen LogP contribution is -2.34. The molecule has 0 unspecified atom stereocenters. The number of likely N-dealkylation sites (N-methyl/N-ethyl adjacent to an activating group) is 1. The summed E-state index contributed by atoms with van der Waals surface area (Å²) in [6.07, 6.45) is 4.81. The molecule has 1 aliphatic carbocycles. The second-order valence-electron chi connectivity index (χ2n) is 5.89. The molecule has 1 aliphatic rings. The Morgan fingerprint density at radius 1 is 1.26 bits per heavy atom. The monoisotopic (exact) mass is 258 g/mol. The van der Waals surface area contributed by atoms with Crippen LogP contribution in [0.15, 0.2) is 24.4 Å². The van der Waals surface area contributed by atoms with Crippen LogP contribution in [0.4, 0.5) is 0 Å². The molecule has 3 rings (SSSR count). The molecule has 0 N–H and O–H groups in total. The van der Waals surface area contributed by atoms with E-state index in [9.17, 15) is 0 Å². The highest BCUT2D eigenvalue weighted by Crippen LogP contribution is 2.42. The Kier molecular flexibility index (Phi) is 2.82. The highest BCUT2D eigenvalue weighted by molar-refractivity contribution is 5.85. The van der Waals surface area contributed by atoms with Gasteiger partial charge in [0.05, 0.1) is 7.11 Å². The van der Waals surface area contributed by atoms with E-state index >= 15 is 0 Å². The van der Waals surface area contributed by atoms with Crippen LogP contribution in [0.5, 0.6) is 5.75 Å². The second kappa shape index (κ2) is 4.27. The zero-order valence-corrected chi connectivity index (χ0v) is 12.2. The zero-order valence-electron chi connectivity index (χ0n) is 12.2. The molecule has 3 heteroatoms. The summed E-state index contributed by atoms with van der Waals surface area (Å²) in [6, 6.07) is 6.45. The topological polar surface area (TPSA) is 17.4 Å². The summed E-state index contributed by atoms with van der Waals surface area (Å²) < 4.78 is 7.78. The summed E-state index contributed by atoms with van der Waals surface area (Å²) in [6.45, 7) is 3.21. The lowest BCUT2D eigenvalue weighted by atomic mass is 10.1. The smallest absolute Gasteiger partial charge is 0.122 e. The third-order valence-electron chi connectivity index (χ3n) is 4.63. The minimum Gasteiger partial charge on any atom is -0.496 e. The molecule has 1 fully saturated rings. The van der Waals surface area contributed by atoms with Crippen molar-refractivity contribution in [1.29, 1.82) is 0 Å². The van der Waals surface area contributed by atoms with E-state index < -0.39 is 0 Å². The normalized spacial score (nSPS) is 17.1. The molecule has 1 aromatic heterocycles. The summed E-state index contributed by atoms with van der Waals surface area (Å²) in [5.41, 5.74) is 2.92. The van der Waals surface area contributed by atoms with E-state index in [-0.39, 0.29) is 0 Å². The molecular formula is C16H22N2O. The van der Waals surface area contributed by atoms with Crippen molar-refractivity contribution in [2.24, 2.45) is 0 Å². The lowest BCUT2D eigenvalue weighted by molar-refractivity contribution is 0.244. The zero-order chi connectivity index (χ0) is 13.6. The van der Waals surface area contributed by atoms with E-state index in [0.717, 1.165) is 12.3 Å². The van der Waals surface area contributed by atoms with Gasteiger partial charge in [-0.3, -0.25) is 0 Å². The van der Waals surface area contributed by atoms with Crippen molar-refractivity contribution in [3.8, 4) is 5.75 Å². The SMILES string of the molecule is COc1ccc2c(ccn2CC2(N(C)C)CC2)c1C. The molecule has 102 valence electrons. The predicted octanol–water partition coefficient (Wildman–Crippen LogP) is 3.05. The van der Waals surface area contributed by atoms with Crippen LogP contribution in [0.3, 0.4) is 0 Å². The van der Waals surface area contributed by atoms with Crippen molar-refractivity contribution in [2.75, 3.05) is 21.2 Å². The first-order chi connectivity index (χ1) is 9.07. The third-order valence-corrected chi connectivity index (χ3v) is 4.63. The largest absolute Gasteiger partial charge is 0.496 e. The number of aromatic nitrogens is 1. The predicted molar refractivity (Wildman–Crippen MR) is 78.9 cm³/mol. The molecule has 1 aromatic carbocycles. The van der Waals surface area contributed by atoms with Gasteiger partial charge < -0.3 is 14.2 Å². The van der Waals surface area contributed by atoms with Gasteiger partial charge in [0, 0.05) is 34.7 Å². The molecule has 1 saturated carbocycles. The van der Waals surface area contributed by atoms with Gasteiger partial charge in [0.25, 0.3) is 0 Å². The van der Waals surface area contributed by atoms with Crippen molar-refractivity contribution in [3.63, 3.8) is 0 Å². The number of ether oxygens (including phenoxy) is 1. The van der Waals surface area contributed by atoms with Gasteiger partial charge in [-0.1, -0.05) is 0 Å². The fourth-order valence-corrected chi connectivity index (χ4v) is 2.97. The molecular weight excluding hydrogens is 236 g/mol. The van der Waals surface area contributed by atoms with Crippen LogP contribution in [0.1, 0.15) is 18.4 Å². The van der Waals surface area contributed by atoms with E-state index in [4.69, 9.17) is 4.74 Å². The molecule has 2 aromatic rings. The molecule has 0 bridgehead atoms. The highest BCUT2D eigenvalue weighted by atomic mass is 16.5. The van der Waals surface area contributed by atoms with E-state index in [0.29, 0.717) is 5.54 Å². The number of benzene rings is 1. The number of hydrogen-bond acceptors (Lipinski definition) is 2. The Bertz CT molecular complexity index is 608. The molecule has 0 radical (unpaired) electrons. The van der Waals surface area contributed by atoms with Gasteiger partial charge in [-0.25, -0.2) is 0 Å². The first kappa shape index (κ1) is 12.5. The van der Waals surface area contributed by atoms with Crippen LogP contribution >= 0.6 is 0 Å². The van der Waals surface area contributed by atoms with Crippen molar-refractivity contribution < 1.29 is 4.74 Å². The Morgan fingerprint density at radius 3 is 2.58 bits per heavy atom. The summed E-state index contributed by atoms with van der Waals surface area (Å²) in [4.78, 5) is 2.37. The molecule has 0 saturated heterocycles. The maximum atomic E-state index is 5.40. The number of methoxy groups -OCH3 is 1. The van der Waals surface area contributed by atoms with Gasteiger partial charge in [-0.15, -0.1) is 0 Å². The average molecular weight is 258 g/mol. The van der Waals surface area contributed by atoms with Crippen molar-refractivity contribution in [2.45, 2.75) is 31.8 Å². The summed E-state index contributed by atoms with van der Waals surface area (Å²) in [5, 5.41) is 1.30. The van der Waals surface area contributed by atoms with Gasteiger partial charge in [0.15, 0.2) is 0 Å². The molecule has 0 spiro atoms. The molecule has 1 heterocycles. The molecule has 0 aliphatic heterocycles. The summed E-state index contributed by atoms with van der Waals surface area (Å²) >= 11 is 0. The Labute approximate surface area is 114 Å². The number of fused-ring (bicyclic) bond motifs is 1. The summed E-state index contributed by atoms with van der Waals surface area (Å²) in [5.74, 6) is 0.971. The van der Waals surface area contributed by atoms with Crippen LogP contribution in [-0.2, 0) is 6.54 Å². The third kappa shape index (κ3) is 1.93. The maximum Gasteiger partial charge on any atom is 0.122 e. The molecule has 19 heavy (non-hydrogen) atoms. The van der Waals surface area contributed by atoms with E-state index in [1.807, 2.05) is 0 Å². The quantitative estimate of drug-likeness (QED) is 0.838. The number of rotatable bonds is 4. The van der Waals surface area contributed by atoms with Crippen molar-refractivity contribution in [1.82, 2.24) is 9.47 Å². The number of hydrogen-bond donors (Lipinski definition) is 0. The minimum absolute atomic E-state index is 0.375.